The molecule has 0 saturated carbocycles. The maximum absolute atomic E-state index is 12.8. The second-order valence-corrected chi connectivity index (χ2v) is 8.96. The second kappa shape index (κ2) is 9.25. The molecule has 1 aliphatic heterocycles. The minimum atomic E-state index is -0.804. The van der Waals surface area contributed by atoms with Gasteiger partial charge in [0.15, 0.2) is 0 Å². The van der Waals surface area contributed by atoms with E-state index in [2.05, 4.69) is 29.6 Å². The van der Waals surface area contributed by atoms with Crippen LogP contribution >= 0.6 is 0 Å². The van der Waals surface area contributed by atoms with Crippen molar-refractivity contribution in [3.63, 3.8) is 0 Å². The third kappa shape index (κ3) is 4.32. The van der Waals surface area contributed by atoms with Gasteiger partial charge in [0.1, 0.15) is 12.6 Å². The number of carboxylic acid groups (broad SMARTS) is 1. The number of benzene rings is 2. The fourth-order valence-corrected chi connectivity index (χ4v) is 5.03. The summed E-state index contributed by atoms with van der Waals surface area (Å²) in [6, 6.07) is 15.5. The molecule has 1 atom stereocenters. The number of carbonyl (C=O) groups excluding carboxylic acids is 2. The molecule has 1 unspecified atom stereocenters. The average molecular weight is 451 g/mol. The Hall–Kier alpha value is -3.35. The van der Waals surface area contributed by atoms with E-state index >= 15 is 0 Å². The number of likely N-dealkylation sites (tertiary alicyclic amines) is 1. The minimum absolute atomic E-state index is 0.0468. The Bertz CT molecular complexity index is 1010. The summed E-state index contributed by atoms with van der Waals surface area (Å²) in [6.45, 7) is 4.42. The highest BCUT2D eigenvalue weighted by atomic mass is 16.5. The first-order valence-corrected chi connectivity index (χ1v) is 11.5. The van der Waals surface area contributed by atoms with Crippen LogP contribution in [0, 0.1) is 5.41 Å². The Balaban J connectivity index is 1.33. The summed E-state index contributed by atoms with van der Waals surface area (Å²) >= 11 is 0. The van der Waals surface area contributed by atoms with E-state index in [1.165, 1.54) is 0 Å². The van der Waals surface area contributed by atoms with E-state index < -0.39 is 23.5 Å². The normalized spacial score (nSPS) is 17.6. The van der Waals surface area contributed by atoms with E-state index in [9.17, 15) is 19.5 Å². The number of aliphatic carboxylic acids is 1. The van der Waals surface area contributed by atoms with Crippen molar-refractivity contribution in [1.82, 2.24) is 10.2 Å². The number of rotatable bonds is 6. The summed E-state index contributed by atoms with van der Waals surface area (Å²) in [5, 5.41) is 12.2. The van der Waals surface area contributed by atoms with Gasteiger partial charge in [-0.3, -0.25) is 9.59 Å². The number of ether oxygens (including phenoxy) is 1. The second-order valence-electron chi connectivity index (χ2n) is 8.96. The van der Waals surface area contributed by atoms with Gasteiger partial charge in [0.25, 0.3) is 0 Å². The monoisotopic (exact) mass is 450 g/mol. The van der Waals surface area contributed by atoms with E-state index in [4.69, 9.17) is 4.74 Å². The SMILES string of the molecule is CCC1(C(=O)O)CCN(C(=O)C(C)NC(=O)OCC2c3ccccc3-c3ccccc32)CC1. The molecule has 7 heteroatoms. The van der Waals surface area contributed by atoms with Gasteiger partial charge in [-0.2, -0.15) is 0 Å². The summed E-state index contributed by atoms with van der Waals surface area (Å²) in [7, 11) is 0. The van der Waals surface area contributed by atoms with Crippen LogP contribution in [-0.2, 0) is 14.3 Å². The van der Waals surface area contributed by atoms with Gasteiger partial charge in [-0.1, -0.05) is 55.5 Å². The molecule has 0 aromatic heterocycles. The highest BCUT2D eigenvalue weighted by molar-refractivity contribution is 5.86. The van der Waals surface area contributed by atoms with Gasteiger partial charge >= 0.3 is 12.1 Å². The molecule has 2 aromatic carbocycles. The van der Waals surface area contributed by atoms with Crippen LogP contribution in [0.5, 0.6) is 0 Å². The van der Waals surface area contributed by atoms with E-state index in [0.717, 1.165) is 22.3 Å². The number of alkyl carbamates (subject to hydrolysis) is 1. The lowest BCUT2D eigenvalue weighted by Crippen LogP contribution is -2.52. The van der Waals surface area contributed by atoms with Crippen LogP contribution in [0.2, 0.25) is 0 Å². The molecule has 33 heavy (non-hydrogen) atoms. The van der Waals surface area contributed by atoms with E-state index in [0.29, 0.717) is 32.4 Å². The van der Waals surface area contributed by atoms with Crippen LogP contribution in [0.15, 0.2) is 48.5 Å². The number of carbonyl (C=O) groups is 3. The van der Waals surface area contributed by atoms with Crippen molar-refractivity contribution < 1.29 is 24.2 Å². The molecule has 174 valence electrons. The quantitative estimate of drug-likeness (QED) is 0.693. The van der Waals surface area contributed by atoms with Crippen molar-refractivity contribution in [3.8, 4) is 11.1 Å². The van der Waals surface area contributed by atoms with Crippen LogP contribution in [0.4, 0.5) is 4.79 Å². The van der Waals surface area contributed by atoms with Crippen LogP contribution in [-0.4, -0.2) is 53.7 Å². The summed E-state index contributed by atoms with van der Waals surface area (Å²) in [6.07, 6.45) is 0.741. The number of nitrogens with zero attached hydrogens (tertiary/aromatic N) is 1. The van der Waals surface area contributed by atoms with Crippen molar-refractivity contribution in [1.29, 1.82) is 0 Å². The van der Waals surface area contributed by atoms with Crippen LogP contribution in [0.3, 0.4) is 0 Å². The first-order chi connectivity index (χ1) is 15.9. The Morgan fingerprint density at radius 3 is 2.12 bits per heavy atom. The minimum Gasteiger partial charge on any atom is -0.481 e. The molecular weight excluding hydrogens is 420 g/mol. The standard InChI is InChI=1S/C26H30N2O5/c1-3-26(24(30)31)12-14-28(15-13-26)23(29)17(2)27-25(32)33-16-22-20-10-6-4-8-18(20)19-9-5-7-11-21(19)22/h4-11,17,22H,3,12-16H2,1-2H3,(H,27,32)(H,30,31). The highest BCUT2D eigenvalue weighted by Gasteiger charge is 2.41. The topological polar surface area (TPSA) is 95.9 Å². The van der Waals surface area contributed by atoms with Gasteiger partial charge in [-0.05, 0) is 48.4 Å². The van der Waals surface area contributed by atoms with Gasteiger partial charge in [-0.15, -0.1) is 0 Å². The predicted octanol–water partition coefficient (Wildman–Crippen LogP) is 4.02. The molecule has 1 aliphatic carbocycles. The molecule has 0 spiro atoms. The number of hydrogen-bond donors (Lipinski definition) is 2. The molecule has 2 aliphatic rings. The number of fused-ring (bicyclic) bond motifs is 3. The summed E-state index contributed by atoms with van der Waals surface area (Å²) in [4.78, 5) is 38.5. The van der Waals surface area contributed by atoms with Crippen molar-refractivity contribution in [3.05, 3.63) is 59.7 Å². The number of piperidine rings is 1. The number of carboxylic acids is 1. The Morgan fingerprint density at radius 1 is 1.06 bits per heavy atom. The van der Waals surface area contributed by atoms with Crippen molar-refractivity contribution in [2.45, 2.75) is 45.1 Å². The van der Waals surface area contributed by atoms with Crippen LogP contribution in [0.1, 0.15) is 50.2 Å². The zero-order valence-corrected chi connectivity index (χ0v) is 19.0. The van der Waals surface area contributed by atoms with Crippen molar-refractivity contribution in [2.24, 2.45) is 5.41 Å². The lowest BCUT2D eigenvalue weighted by molar-refractivity contribution is -0.154. The molecule has 0 bridgehead atoms. The summed E-state index contributed by atoms with van der Waals surface area (Å²) in [5.41, 5.74) is 3.80. The molecule has 2 N–H and O–H groups in total. The average Bonchev–Trinajstić information content (AvgIpc) is 3.16. The van der Waals surface area contributed by atoms with Crippen molar-refractivity contribution >= 4 is 18.0 Å². The van der Waals surface area contributed by atoms with E-state index in [1.54, 1.807) is 11.8 Å². The number of amides is 2. The maximum Gasteiger partial charge on any atom is 0.407 e. The number of nitrogens with one attached hydrogen (secondary N) is 1. The Labute approximate surface area is 193 Å². The van der Waals surface area contributed by atoms with Gasteiger partial charge in [0.2, 0.25) is 5.91 Å². The Kier molecular flexibility index (Phi) is 6.40. The summed E-state index contributed by atoms with van der Waals surface area (Å²) in [5.74, 6) is -1.07. The van der Waals surface area contributed by atoms with Gasteiger partial charge in [0, 0.05) is 19.0 Å². The van der Waals surface area contributed by atoms with Crippen molar-refractivity contribution in [2.75, 3.05) is 19.7 Å². The third-order valence-electron chi connectivity index (χ3n) is 7.21. The molecule has 1 heterocycles. The molecule has 0 radical (unpaired) electrons. The molecule has 1 fully saturated rings. The lowest BCUT2D eigenvalue weighted by Gasteiger charge is -2.39. The highest BCUT2D eigenvalue weighted by Crippen LogP contribution is 2.44. The lowest BCUT2D eigenvalue weighted by atomic mass is 9.76. The zero-order valence-electron chi connectivity index (χ0n) is 19.0. The first-order valence-electron chi connectivity index (χ1n) is 11.5. The molecule has 2 amide bonds. The third-order valence-corrected chi connectivity index (χ3v) is 7.21. The van der Waals surface area contributed by atoms with Gasteiger partial charge in [0.05, 0.1) is 5.41 Å². The fourth-order valence-electron chi connectivity index (χ4n) is 5.03. The smallest absolute Gasteiger partial charge is 0.407 e. The maximum atomic E-state index is 12.8. The number of hydrogen-bond acceptors (Lipinski definition) is 4. The van der Waals surface area contributed by atoms with Crippen LogP contribution in [0.25, 0.3) is 11.1 Å². The van der Waals surface area contributed by atoms with Crippen LogP contribution < -0.4 is 5.32 Å². The first kappa shape index (κ1) is 22.8. The fraction of sp³-hybridized carbons (Fsp3) is 0.423. The zero-order chi connectivity index (χ0) is 23.6. The largest absolute Gasteiger partial charge is 0.481 e. The van der Waals surface area contributed by atoms with E-state index in [1.807, 2.05) is 31.2 Å². The predicted molar refractivity (Wildman–Crippen MR) is 124 cm³/mol. The molecule has 2 aromatic rings. The molecule has 4 rings (SSSR count). The van der Waals surface area contributed by atoms with E-state index in [-0.39, 0.29) is 18.4 Å². The Morgan fingerprint density at radius 2 is 1.61 bits per heavy atom. The molecule has 7 nitrogen and oxygen atoms in total. The molecular formula is C26H30N2O5. The van der Waals surface area contributed by atoms with Gasteiger partial charge < -0.3 is 20.1 Å². The van der Waals surface area contributed by atoms with Gasteiger partial charge in [-0.25, -0.2) is 4.79 Å². The molecule has 1 saturated heterocycles. The summed E-state index contributed by atoms with van der Waals surface area (Å²) < 4.78 is 5.53.